The molecule has 4 heteroatoms. The molecule has 4 rings (SSSR count). The Morgan fingerprint density at radius 1 is 0.920 bits per heavy atom. The van der Waals surface area contributed by atoms with Gasteiger partial charge in [0.1, 0.15) is 5.69 Å². The van der Waals surface area contributed by atoms with Crippen LogP contribution in [-0.2, 0) is 19.4 Å². The second-order valence-electron chi connectivity index (χ2n) is 6.23. The van der Waals surface area contributed by atoms with Gasteiger partial charge in [0.25, 0.3) is 5.89 Å². The van der Waals surface area contributed by atoms with Gasteiger partial charge in [-0.3, -0.25) is 0 Å². The van der Waals surface area contributed by atoms with Gasteiger partial charge in [-0.25, -0.2) is 0 Å². The van der Waals surface area contributed by atoms with Crippen molar-refractivity contribution in [2.75, 3.05) is 0 Å². The fourth-order valence-corrected chi connectivity index (χ4v) is 3.19. The molecule has 0 aliphatic rings. The summed E-state index contributed by atoms with van der Waals surface area (Å²) < 4.78 is 8.17. The molecule has 0 saturated heterocycles. The molecule has 0 aliphatic carbocycles. The first-order valence-corrected chi connectivity index (χ1v) is 8.80. The van der Waals surface area contributed by atoms with E-state index in [-0.39, 0.29) is 0 Å². The minimum Gasteiger partial charge on any atom is -0.419 e. The van der Waals surface area contributed by atoms with E-state index in [1.165, 1.54) is 16.5 Å². The molecule has 0 saturated carbocycles. The van der Waals surface area contributed by atoms with Crippen LogP contribution in [0.15, 0.2) is 65.1 Å². The van der Waals surface area contributed by atoms with Crippen molar-refractivity contribution < 1.29 is 4.42 Å². The number of aryl methyl sites for hydroxylation is 3. The topological polar surface area (TPSA) is 43.9 Å². The normalized spacial score (nSPS) is 11.2. The van der Waals surface area contributed by atoms with Gasteiger partial charge in [-0.2, -0.15) is 0 Å². The predicted octanol–water partition coefficient (Wildman–Crippen LogP) is 4.89. The minimum atomic E-state index is 0.604. The van der Waals surface area contributed by atoms with Gasteiger partial charge in [0.2, 0.25) is 5.89 Å². The maximum Gasteiger partial charge on any atom is 0.264 e. The highest BCUT2D eigenvalue weighted by Crippen LogP contribution is 2.28. The van der Waals surface area contributed by atoms with Gasteiger partial charge in [-0.1, -0.05) is 55.5 Å². The molecule has 2 heterocycles. The summed E-state index contributed by atoms with van der Waals surface area (Å²) in [6, 6.07) is 21.1. The van der Waals surface area contributed by atoms with Gasteiger partial charge in [0, 0.05) is 23.9 Å². The Bertz CT molecular complexity index is 969. The average Bonchev–Trinajstić information content (AvgIpc) is 3.25. The molecule has 0 unspecified atom stereocenters. The van der Waals surface area contributed by atoms with Crippen LogP contribution in [0.1, 0.15) is 24.8 Å². The quantitative estimate of drug-likeness (QED) is 0.505. The molecular weight excluding hydrogens is 310 g/mol. The maximum absolute atomic E-state index is 5.89. The summed E-state index contributed by atoms with van der Waals surface area (Å²) in [5.74, 6) is 1.31. The van der Waals surface area contributed by atoms with Crippen molar-refractivity contribution in [3.63, 3.8) is 0 Å². The van der Waals surface area contributed by atoms with Crippen LogP contribution >= 0.6 is 0 Å². The summed E-state index contributed by atoms with van der Waals surface area (Å²) in [4.78, 5) is 0. The van der Waals surface area contributed by atoms with Gasteiger partial charge in [-0.05, 0) is 30.5 Å². The monoisotopic (exact) mass is 331 g/mol. The van der Waals surface area contributed by atoms with Gasteiger partial charge >= 0.3 is 0 Å². The van der Waals surface area contributed by atoms with Crippen LogP contribution in [0.3, 0.4) is 0 Å². The van der Waals surface area contributed by atoms with E-state index in [2.05, 4.69) is 76.3 Å². The van der Waals surface area contributed by atoms with Gasteiger partial charge in [-0.15, -0.1) is 10.2 Å². The molecule has 4 nitrogen and oxygen atoms in total. The standard InChI is InChI=1S/C21H21N3O/c1-2-8-20-22-23-21(25-20)19-15-17-11-6-7-12-18(17)24(19)14-13-16-9-4-3-5-10-16/h3-7,9-12,15H,2,8,13-14H2,1H3. The third-order valence-corrected chi connectivity index (χ3v) is 4.43. The first-order chi connectivity index (χ1) is 12.3. The molecular formula is C21H21N3O. The lowest BCUT2D eigenvalue weighted by Gasteiger charge is -2.09. The van der Waals surface area contributed by atoms with Crippen molar-refractivity contribution in [1.29, 1.82) is 0 Å². The highest BCUT2D eigenvalue weighted by atomic mass is 16.4. The molecule has 0 spiro atoms. The van der Waals surface area contributed by atoms with Crippen LogP contribution in [0.2, 0.25) is 0 Å². The van der Waals surface area contributed by atoms with Crippen molar-refractivity contribution in [2.45, 2.75) is 32.7 Å². The van der Waals surface area contributed by atoms with Gasteiger partial charge < -0.3 is 8.98 Å². The Kier molecular flexibility index (Phi) is 4.34. The average molecular weight is 331 g/mol. The number of rotatable bonds is 6. The molecule has 0 N–H and O–H groups in total. The highest BCUT2D eigenvalue weighted by Gasteiger charge is 2.16. The van der Waals surface area contributed by atoms with E-state index < -0.39 is 0 Å². The predicted molar refractivity (Wildman–Crippen MR) is 99.4 cm³/mol. The third-order valence-electron chi connectivity index (χ3n) is 4.43. The number of nitrogens with zero attached hydrogens (tertiary/aromatic N) is 3. The summed E-state index contributed by atoms with van der Waals surface area (Å²) in [6.07, 6.45) is 2.78. The van der Waals surface area contributed by atoms with Gasteiger partial charge in [0.15, 0.2) is 0 Å². The molecule has 2 aromatic heterocycles. The number of hydrogen-bond donors (Lipinski definition) is 0. The molecule has 25 heavy (non-hydrogen) atoms. The fourth-order valence-electron chi connectivity index (χ4n) is 3.19. The lowest BCUT2D eigenvalue weighted by molar-refractivity contribution is 0.497. The molecule has 0 amide bonds. The first kappa shape index (κ1) is 15.6. The van der Waals surface area contributed by atoms with Gasteiger partial charge in [0.05, 0.1) is 0 Å². The van der Waals surface area contributed by atoms with E-state index in [0.29, 0.717) is 11.8 Å². The number of hydrogen-bond acceptors (Lipinski definition) is 3. The molecule has 0 bridgehead atoms. The van der Waals surface area contributed by atoms with Crippen LogP contribution < -0.4 is 0 Å². The Morgan fingerprint density at radius 2 is 1.72 bits per heavy atom. The molecule has 0 aliphatic heterocycles. The van der Waals surface area contributed by atoms with E-state index in [1.807, 2.05) is 6.07 Å². The Hall–Kier alpha value is -2.88. The Balaban J connectivity index is 1.72. The van der Waals surface area contributed by atoms with E-state index in [9.17, 15) is 0 Å². The van der Waals surface area contributed by atoms with Crippen LogP contribution in [0.25, 0.3) is 22.5 Å². The molecule has 0 radical (unpaired) electrons. The first-order valence-electron chi connectivity index (χ1n) is 8.80. The lowest BCUT2D eigenvalue weighted by Crippen LogP contribution is -2.03. The zero-order chi connectivity index (χ0) is 17.1. The van der Waals surface area contributed by atoms with Crippen LogP contribution in [0.5, 0.6) is 0 Å². The summed E-state index contributed by atoms with van der Waals surface area (Å²) >= 11 is 0. The van der Waals surface area contributed by atoms with Crippen molar-refractivity contribution >= 4 is 10.9 Å². The highest BCUT2D eigenvalue weighted by molar-refractivity contribution is 5.85. The van der Waals surface area contributed by atoms with Crippen LogP contribution in [-0.4, -0.2) is 14.8 Å². The Morgan fingerprint density at radius 3 is 2.56 bits per heavy atom. The lowest BCUT2D eigenvalue weighted by atomic mass is 10.1. The smallest absolute Gasteiger partial charge is 0.264 e. The number of para-hydroxylation sites is 1. The van der Waals surface area contributed by atoms with E-state index in [0.717, 1.165) is 31.5 Å². The summed E-state index contributed by atoms with van der Waals surface area (Å²) in [5, 5.41) is 9.66. The fraction of sp³-hybridized carbons (Fsp3) is 0.238. The summed E-state index contributed by atoms with van der Waals surface area (Å²) in [7, 11) is 0. The maximum atomic E-state index is 5.89. The molecule has 0 atom stereocenters. The molecule has 2 aromatic carbocycles. The second kappa shape index (κ2) is 6.93. The number of aromatic nitrogens is 3. The molecule has 126 valence electrons. The largest absolute Gasteiger partial charge is 0.419 e. The van der Waals surface area contributed by atoms with Crippen molar-refractivity contribution in [2.24, 2.45) is 0 Å². The molecule has 0 fully saturated rings. The van der Waals surface area contributed by atoms with Crippen molar-refractivity contribution in [3.05, 3.63) is 72.1 Å². The number of fused-ring (bicyclic) bond motifs is 1. The van der Waals surface area contributed by atoms with E-state index in [4.69, 9.17) is 4.42 Å². The SMILES string of the molecule is CCCc1nnc(-c2cc3ccccc3n2CCc2ccccc2)o1. The number of benzene rings is 2. The summed E-state index contributed by atoms with van der Waals surface area (Å²) in [5.41, 5.74) is 3.51. The third kappa shape index (κ3) is 3.20. The zero-order valence-electron chi connectivity index (χ0n) is 14.4. The Labute approximate surface area is 147 Å². The van der Waals surface area contributed by atoms with E-state index >= 15 is 0 Å². The zero-order valence-corrected chi connectivity index (χ0v) is 14.4. The van der Waals surface area contributed by atoms with Crippen LogP contribution in [0, 0.1) is 0 Å². The summed E-state index contributed by atoms with van der Waals surface area (Å²) in [6.45, 7) is 2.99. The molecule has 4 aromatic rings. The van der Waals surface area contributed by atoms with Crippen molar-refractivity contribution in [3.8, 4) is 11.6 Å². The second-order valence-corrected chi connectivity index (χ2v) is 6.23. The minimum absolute atomic E-state index is 0.604. The van der Waals surface area contributed by atoms with Crippen LogP contribution in [0.4, 0.5) is 0 Å². The van der Waals surface area contributed by atoms with Crippen molar-refractivity contribution in [1.82, 2.24) is 14.8 Å². The van der Waals surface area contributed by atoms with E-state index in [1.54, 1.807) is 0 Å².